The smallest absolute Gasteiger partial charge is 0.307 e. The number of carboxylic acids is 1. The van der Waals surface area contributed by atoms with Gasteiger partial charge in [-0.15, -0.1) is 0 Å². The molecule has 3 aromatic carbocycles. The number of aliphatic hydroxyl groups excluding tert-OH is 1. The molecule has 12 heteroatoms. The molecule has 5 aromatic rings. The summed E-state index contributed by atoms with van der Waals surface area (Å²) in [5.41, 5.74) is 6.20. The van der Waals surface area contributed by atoms with Gasteiger partial charge in [-0.1, -0.05) is 30.3 Å². The van der Waals surface area contributed by atoms with Gasteiger partial charge in [0.05, 0.1) is 30.3 Å². The van der Waals surface area contributed by atoms with Gasteiger partial charge in [0, 0.05) is 49.9 Å². The lowest BCUT2D eigenvalue weighted by molar-refractivity contribution is -0.141. The Bertz CT molecular complexity index is 2220. The molecule has 2 fully saturated rings. The van der Waals surface area contributed by atoms with Gasteiger partial charge in [0.15, 0.2) is 5.58 Å². The molecule has 2 N–H and O–H groups in total. The zero-order chi connectivity index (χ0) is 35.9. The minimum atomic E-state index is -0.768. The third-order valence-corrected chi connectivity index (χ3v) is 10.4. The Labute approximate surface area is 299 Å². The van der Waals surface area contributed by atoms with Crippen LogP contribution in [0.5, 0.6) is 11.8 Å². The molecule has 2 aromatic heterocycles. The van der Waals surface area contributed by atoms with Crippen molar-refractivity contribution in [2.75, 3.05) is 33.3 Å². The maximum atomic E-state index is 16.5. The third-order valence-electron chi connectivity index (χ3n) is 10.4. The number of aliphatic hydroxyl groups is 1. The number of hydrogen-bond donors (Lipinski definition) is 2. The van der Waals surface area contributed by atoms with Crippen LogP contribution in [-0.2, 0) is 24.3 Å². The first-order chi connectivity index (χ1) is 25.3. The number of rotatable bonds is 10. The molecule has 2 aliphatic heterocycles. The number of nitriles is 1. The summed E-state index contributed by atoms with van der Waals surface area (Å²) in [6.07, 6.45) is 2.06. The summed E-state index contributed by atoms with van der Waals surface area (Å²) >= 11 is 0. The topological polar surface area (TPSA) is 145 Å². The molecule has 0 amide bonds. The molecular weight excluding hydrogens is 665 g/mol. The van der Waals surface area contributed by atoms with Crippen molar-refractivity contribution in [1.29, 1.82) is 5.26 Å². The first kappa shape index (κ1) is 33.8. The lowest BCUT2D eigenvalue weighted by Gasteiger charge is -2.19. The second-order valence-corrected chi connectivity index (χ2v) is 13.9. The van der Waals surface area contributed by atoms with E-state index in [0.717, 1.165) is 40.8 Å². The number of likely N-dealkylation sites (tertiary alicyclic amines) is 2. The highest BCUT2D eigenvalue weighted by Gasteiger charge is 2.31. The van der Waals surface area contributed by atoms with E-state index in [1.54, 1.807) is 31.4 Å². The standard InChI is InChI=1S/C40H38FN5O6/c1-50-38-24(20-46-14-12-25(21-46)40(48)49)8-11-35(44-38)51-34-10-9-29-28(4-2-5-30(29)34)31-6-3-7-32(36(31)41)39-43-33-17-23(16-26(18-42)37(33)52-39)19-45-15-13-27(47)22-45/h2-8,11,16-17,25,27,34,47H,9-10,12-15,19-22H2,1H3,(H,48,49)/t25-,27-,34-/m1/s1. The lowest BCUT2D eigenvalue weighted by Crippen LogP contribution is -2.23. The molecule has 0 saturated carbocycles. The number of carbonyl (C=O) groups is 1. The summed E-state index contributed by atoms with van der Waals surface area (Å²) in [4.78, 5) is 24.9. The molecule has 8 rings (SSSR count). The Morgan fingerprint density at radius 3 is 2.56 bits per heavy atom. The Hall–Kier alpha value is -5.35. The lowest BCUT2D eigenvalue weighted by atomic mass is 9.95. The number of hydrogen-bond acceptors (Lipinski definition) is 10. The van der Waals surface area contributed by atoms with Crippen molar-refractivity contribution in [3.05, 3.63) is 94.3 Å². The number of β-amino-alcohol motifs (C(OH)–C–C–N with tert-alkyl or cyclic N) is 1. The van der Waals surface area contributed by atoms with E-state index < -0.39 is 11.8 Å². The third kappa shape index (κ3) is 6.47. The van der Waals surface area contributed by atoms with Gasteiger partial charge < -0.3 is 24.1 Å². The van der Waals surface area contributed by atoms with Crippen LogP contribution < -0.4 is 9.47 Å². The minimum Gasteiger partial charge on any atom is -0.481 e. The quantitative estimate of drug-likeness (QED) is 0.174. The molecule has 0 bridgehead atoms. The van der Waals surface area contributed by atoms with Crippen molar-refractivity contribution >= 4 is 17.1 Å². The maximum absolute atomic E-state index is 16.5. The first-order valence-electron chi connectivity index (χ1n) is 17.6. The number of methoxy groups -OCH3 is 1. The van der Waals surface area contributed by atoms with Gasteiger partial charge in [0.25, 0.3) is 0 Å². The number of pyridine rings is 1. The van der Waals surface area contributed by atoms with E-state index in [1.807, 2.05) is 36.4 Å². The summed E-state index contributed by atoms with van der Waals surface area (Å²) in [7, 11) is 1.56. The average Bonchev–Trinajstić information content (AvgIpc) is 3.96. The van der Waals surface area contributed by atoms with Crippen molar-refractivity contribution in [3.8, 4) is 40.4 Å². The van der Waals surface area contributed by atoms with E-state index in [9.17, 15) is 20.3 Å². The Balaban J connectivity index is 1.03. The van der Waals surface area contributed by atoms with Gasteiger partial charge in [0.2, 0.25) is 17.7 Å². The van der Waals surface area contributed by atoms with Crippen LogP contribution in [0.3, 0.4) is 0 Å². The number of halogens is 1. The van der Waals surface area contributed by atoms with E-state index in [0.29, 0.717) is 86.0 Å². The summed E-state index contributed by atoms with van der Waals surface area (Å²) in [6.45, 7) is 3.65. The number of benzene rings is 3. The fraction of sp³-hybridized carbons (Fsp3) is 0.350. The van der Waals surface area contributed by atoms with Crippen molar-refractivity contribution in [2.24, 2.45) is 5.92 Å². The summed E-state index contributed by atoms with van der Waals surface area (Å²) in [5, 5.41) is 29.2. The molecule has 11 nitrogen and oxygen atoms in total. The van der Waals surface area contributed by atoms with E-state index in [-0.39, 0.29) is 29.6 Å². The number of nitrogens with zero attached hydrogens (tertiary/aromatic N) is 5. The summed E-state index contributed by atoms with van der Waals surface area (Å²) < 4.78 is 34.5. The van der Waals surface area contributed by atoms with Crippen LogP contribution in [0.4, 0.5) is 4.39 Å². The van der Waals surface area contributed by atoms with Crippen molar-refractivity contribution in [2.45, 2.75) is 51.0 Å². The van der Waals surface area contributed by atoms with Crippen molar-refractivity contribution < 1.29 is 33.3 Å². The van der Waals surface area contributed by atoms with Gasteiger partial charge in [-0.3, -0.25) is 14.6 Å². The van der Waals surface area contributed by atoms with Crippen molar-refractivity contribution in [3.63, 3.8) is 0 Å². The van der Waals surface area contributed by atoms with Gasteiger partial charge in [-0.2, -0.15) is 10.2 Å². The van der Waals surface area contributed by atoms with Gasteiger partial charge in [-0.25, -0.2) is 9.37 Å². The molecule has 3 atom stereocenters. The molecule has 0 radical (unpaired) electrons. The molecule has 1 aliphatic carbocycles. The molecule has 52 heavy (non-hydrogen) atoms. The number of aliphatic carboxylic acids is 1. The van der Waals surface area contributed by atoms with Crippen LogP contribution in [0.15, 0.2) is 65.1 Å². The number of aromatic nitrogens is 2. The number of fused-ring (bicyclic) bond motifs is 2. The monoisotopic (exact) mass is 703 g/mol. The van der Waals surface area contributed by atoms with Crippen LogP contribution in [0.25, 0.3) is 33.7 Å². The number of carboxylic acid groups (broad SMARTS) is 1. The highest BCUT2D eigenvalue weighted by Crippen LogP contribution is 2.42. The largest absolute Gasteiger partial charge is 0.481 e. The van der Waals surface area contributed by atoms with E-state index in [1.165, 1.54) is 0 Å². The zero-order valence-corrected chi connectivity index (χ0v) is 28.7. The second kappa shape index (κ2) is 14.0. The average molecular weight is 704 g/mol. The van der Waals surface area contributed by atoms with Crippen molar-refractivity contribution in [1.82, 2.24) is 19.8 Å². The Kier molecular flexibility index (Phi) is 9.09. The van der Waals surface area contributed by atoms with E-state index in [4.69, 9.17) is 13.9 Å². The normalized spacial score (nSPS) is 20.3. The highest BCUT2D eigenvalue weighted by molar-refractivity contribution is 5.83. The minimum absolute atomic E-state index is 0.100. The van der Waals surface area contributed by atoms with E-state index >= 15 is 4.39 Å². The summed E-state index contributed by atoms with van der Waals surface area (Å²) in [5.74, 6) is -0.646. The molecular formula is C40H38FN5O6. The molecule has 2 saturated heterocycles. The molecule has 4 heterocycles. The van der Waals surface area contributed by atoms with Gasteiger partial charge in [-0.05, 0) is 78.7 Å². The fourth-order valence-electron chi connectivity index (χ4n) is 7.87. The molecule has 0 unspecified atom stereocenters. The van der Waals surface area contributed by atoms with Crippen LogP contribution in [-0.4, -0.2) is 75.3 Å². The van der Waals surface area contributed by atoms with Gasteiger partial charge in [0.1, 0.15) is 23.5 Å². The maximum Gasteiger partial charge on any atom is 0.307 e. The first-order valence-corrected chi connectivity index (χ1v) is 17.6. The predicted octanol–water partition coefficient (Wildman–Crippen LogP) is 6.12. The highest BCUT2D eigenvalue weighted by atomic mass is 19.1. The zero-order valence-electron chi connectivity index (χ0n) is 28.7. The van der Waals surface area contributed by atoms with Crippen LogP contribution in [0, 0.1) is 23.1 Å². The Morgan fingerprint density at radius 2 is 1.79 bits per heavy atom. The van der Waals surface area contributed by atoms with E-state index in [2.05, 4.69) is 25.8 Å². The molecule has 3 aliphatic rings. The van der Waals surface area contributed by atoms with Crippen LogP contribution >= 0.6 is 0 Å². The summed E-state index contributed by atoms with van der Waals surface area (Å²) in [6, 6.07) is 20.5. The second-order valence-electron chi connectivity index (χ2n) is 13.9. The van der Waals surface area contributed by atoms with Crippen LogP contribution in [0.1, 0.15) is 53.2 Å². The molecule has 266 valence electrons. The number of ether oxygens (including phenoxy) is 2. The SMILES string of the molecule is COc1nc(O[C@@H]2CCc3c(-c4cccc(-c5nc6cc(CN7CC[C@@H](O)C7)cc(C#N)c6o5)c4F)cccc32)ccc1CN1CC[C@@H](C(=O)O)C1. The van der Waals surface area contributed by atoms with Crippen LogP contribution in [0.2, 0.25) is 0 Å². The Morgan fingerprint density at radius 1 is 1.00 bits per heavy atom. The predicted molar refractivity (Wildman–Crippen MR) is 189 cm³/mol. The fourth-order valence-corrected chi connectivity index (χ4v) is 7.87. The van der Waals surface area contributed by atoms with Gasteiger partial charge >= 0.3 is 5.97 Å². The number of oxazole rings is 1. The molecule has 0 spiro atoms.